The first-order chi connectivity index (χ1) is 19.3. The molecule has 3 aromatic rings. The van der Waals surface area contributed by atoms with Gasteiger partial charge >= 0.3 is 5.97 Å². The minimum atomic E-state index is -0.954. The maximum atomic E-state index is 13.5. The third-order valence-electron chi connectivity index (χ3n) is 7.36. The van der Waals surface area contributed by atoms with E-state index in [-0.39, 0.29) is 55.9 Å². The molecule has 2 amide bonds. The molecule has 0 radical (unpaired) electrons. The number of carboxylic acid groups (broad SMARTS) is 1. The highest BCUT2D eigenvalue weighted by Crippen LogP contribution is 2.24. The Morgan fingerprint density at radius 3 is 1.48 bits per heavy atom. The summed E-state index contributed by atoms with van der Waals surface area (Å²) in [4.78, 5) is 41.7. The minimum absolute atomic E-state index is 0.0369. The molecule has 0 aromatic heterocycles. The molecule has 0 heterocycles. The second-order valence-electron chi connectivity index (χ2n) is 10.1. The Balaban J connectivity index is 1.70. The molecule has 2 N–H and O–H groups in total. The van der Waals surface area contributed by atoms with E-state index in [1.807, 2.05) is 92.7 Å². The lowest BCUT2D eigenvalue weighted by molar-refractivity contribution is -0.139. The molecule has 7 nitrogen and oxygen atoms in total. The fourth-order valence-electron chi connectivity index (χ4n) is 4.87. The van der Waals surface area contributed by atoms with Gasteiger partial charge in [-0.05, 0) is 37.5 Å². The zero-order chi connectivity index (χ0) is 28.9. The van der Waals surface area contributed by atoms with Crippen LogP contribution >= 0.6 is 0 Å². The van der Waals surface area contributed by atoms with Crippen molar-refractivity contribution in [3.8, 4) is 0 Å². The molecule has 0 fully saturated rings. The number of rotatable bonds is 15. The summed E-state index contributed by atoms with van der Waals surface area (Å²) in [5.41, 5.74) is 3.09. The Hall–Kier alpha value is -3.97. The summed E-state index contributed by atoms with van der Waals surface area (Å²) >= 11 is 0. The van der Waals surface area contributed by atoms with Crippen LogP contribution < -0.4 is 5.32 Å². The van der Waals surface area contributed by atoms with Crippen molar-refractivity contribution in [1.29, 1.82) is 0 Å². The summed E-state index contributed by atoms with van der Waals surface area (Å²) in [7, 11) is 0. The lowest BCUT2D eigenvalue weighted by atomic mass is 10.0. The lowest BCUT2D eigenvalue weighted by Gasteiger charge is -2.33. The number of carbonyl (C=O) groups is 3. The molecule has 40 heavy (non-hydrogen) atoms. The molecule has 212 valence electrons. The molecule has 3 atom stereocenters. The third-order valence-corrected chi connectivity index (χ3v) is 7.36. The van der Waals surface area contributed by atoms with E-state index in [9.17, 15) is 19.5 Å². The van der Waals surface area contributed by atoms with Crippen molar-refractivity contribution >= 4 is 17.8 Å². The van der Waals surface area contributed by atoms with Gasteiger partial charge in [-0.3, -0.25) is 14.4 Å². The van der Waals surface area contributed by atoms with Crippen molar-refractivity contribution in [2.45, 2.75) is 58.2 Å². The average molecular weight is 544 g/mol. The molecule has 3 aromatic carbocycles. The summed E-state index contributed by atoms with van der Waals surface area (Å²) in [6.45, 7) is 6.82. The second kappa shape index (κ2) is 15.6. The molecule has 0 spiro atoms. The smallest absolute Gasteiger partial charge is 0.305 e. The fourth-order valence-corrected chi connectivity index (χ4v) is 4.87. The van der Waals surface area contributed by atoms with Crippen molar-refractivity contribution < 1.29 is 19.5 Å². The van der Waals surface area contributed by atoms with Crippen molar-refractivity contribution in [3.63, 3.8) is 0 Å². The maximum Gasteiger partial charge on any atom is 0.305 e. The number of aliphatic carboxylic acids is 1. The van der Waals surface area contributed by atoms with E-state index in [1.54, 1.807) is 9.80 Å². The van der Waals surface area contributed by atoms with Crippen LogP contribution in [0, 0.1) is 0 Å². The number of hydrogen-bond acceptors (Lipinski definition) is 4. The van der Waals surface area contributed by atoms with Crippen LogP contribution in [0.15, 0.2) is 91.0 Å². The number of nitrogens with zero attached hydrogens (tertiary/aromatic N) is 2. The highest BCUT2D eigenvalue weighted by molar-refractivity contribution is 5.80. The summed E-state index contributed by atoms with van der Waals surface area (Å²) in [6.07, 6.45) is 0.260. The van der Waals surface area contributed by atoms with Gasteiger partial charge in [-0.2, -0.15) is 0 Å². The highest BCUT2D eigenvalue weighted by atomic mass is 16.4. The molecular weight excluding hydrogens is 502 g/mol. The van der Waals surface area contributed by atoms with E-state index >= 15 is 0 Å². The van der Waals surface area contributed by atoms with Crippen LogP contribution in [0.1, 0.15) is 74.8 Å². The van der Waals surface area contributed by atoms with E-state index in [4.69, 9.17) is 0 Å². The molecule has 0 aliphatic heterocycles. The quantitative estimate of drug-likeness (QED) is 0.254. The Labute approximate surface area is 237 Å². The first kappa shape index (κ1) is 30.6. The van der Waals surface area contributed by atoms with E-state index in [0.29, 0.717) is 13.0 Å². The summed E-state index contributed by atoms with van der Waals surface area (Å²) in [5.74, 6) is -1.17. The highest BCUT2D eigenvalue weighted by Gasteiger charge is 2.26. The predicted molar refractivity (Wildman–Crippen MR) is 157 cm³/mol. The van der Waals surface area contributed by atoms with E-state index in [2.05, 4.69) is 24.4 Å². The maximum absolute atomic E-state index is 13.5. The van der Waals surface area contributed by atoms with Gasteiger partial charge in [0.1, 0.15) is 0 Å². The molecule has 0 aliphatic carbocycles. The molecule has 3 rings (SSSR count). The fraction of sp³-hybridized carbons (Fsp3) is 0.364. The van der Waals surface area contributed by atoms with Gasteiger partial charge in [-0.1, -0.05) is 91.0 Å². The van der Waals surface area contributed by atoms with Crippen LogP contribution in [0.5, 0.6) is 0 Å². The van der Waals surface area contributed by atoms with E-state index in [1.165, 1.54) is 0 Å². The largest absolute Gasteiger partial charge is 0.481 e. The minimum Gasteiger partial charge on any atom is -0.481 e. The monoisotopic (exact) mass is 543 g/mol. The molecule has 0 aliphatic rings. The van der Waals surface area contributed by atoms with Crippen LogP contribution in [0.4, 0.5) is 0 Å². The molecule has 0 saturated carbocycles. The predicted octanol–water partition coefficient (Wildman–Crippen LogP) is 5.77. The Kier molecular flexibility index (Phi) is 11.9. The van der Waals surface area contributed by atoms with Gasteiger partial charge in [0.25, 0.3) is 0 Å². The van der Waals surface area contributed by atoms with Gasteiger partial charge in [0.2, 0.25) is 11.8 Å². The number of nitrogens with one attached hydrogen (secondary N) is 1. The lowest BCUT2D eigenvalue weighted by Crippen LogP contribution is -2.40. The summed E-state index contributed by atoms with van der Waals surface area (Å²) in [6, 6.07) is 29.1. The zero-order valence-electron chi connectivity index (χ0n) is 23.7. The van der Waals surface area contributed by atoms with Crippen molar-refractivity contribution in [2.24, 2.45) is 0 Å². The van der Waals surface area contributed by atoms with Crippen LogP contribution in [-0.4, -0.2) is 52.3 Å². The number of amides is 2. The molecular formula is C33H41N3O4. The molecule has 0 saturated heterocycles. The van der Waals surface area contributed by atoms with Gasteiger partial charge in [-0.25, -0.2) is 0 Å². The summed E-state index contributed by atoms with van der Waals surface area (Å²) < 4.78 is 0. The van der Waals surface area contributed by atoms with Gasteiger partial charge < -0.3 is 20.2 Å². The van der Waals surface area contributed by atoms with Gasteiger partial charge in [0, 0.05) is 38.5 Å². The second-order valence-corrected chi connectivity index (χ2v) is 10.1. The van der Waals surface area contributed by atoms with Gasteiger partial charge in [0.15, 0.2) is 0 Å². The van der Waals surface area contributed by atoms with Crippen LogP contribution in [0.25, 0.3) is 0 Å². The molecule has 7 heteroatoms. The van der Waals surface area contributed by atoms with Crippen molar-refractivity contribution in [2.75, 3.05) is 19.6 Å². The van der Waals surface area contributed by atoms with Crippen molar-refractivity contribution in [3.05, 3.63) is 108 Å². The van der Waals surface area contributed by atoms with Gasteiger partial charge in [0.05, 0.1) is 18.5 Å². The summed E-state index contributed by atoms with van der Waals surface area (Å²) in [5, 5.41) is 12.7. The van der Waals surface area contributed by atoms with Crippen molar-refractivity contribution in [1.82, 2.24) is 15.1 Å². The number of carbonyl (C=O) groups excluding carboxylic acids is 2. The van der Waals surface area contributed by atoms with Crippen LogP contribution in [0.2, 0.25) is 0 Å². The van der Waals surface area contributed by atoms with E-state index in [0.717, 1.165) is 16.7 Å². The number of hydrogen-bond donors (Lipinski definition) is 2. The zero-order valence-corrected chi connectivity index (χ0v) is 23.7. The van der Waals surface area contributed by atoms with Crippen LogP contribution in [-0.2, 0) is 14.4 Å². The molecule has 0 unspecified atom stereocenters. The Morgan fingerprint density at radius 1 is 0.625 bits per heavy atom. The normalized spacial score (nSPS) is 13.2. The Bertz CT molecular complexity index is 1200. The van der Waals surface area contributed by atoms with Crippen LogP contribution in [0.3, 0.4) is 0 Å². The average Bonchev–Trinajstić information content (AvgIpc) is 2.98. The first-order valence-corrected chi connectivity index (χ1v) is 14.0. The third kappa shape index (κ3) is 9.06. The first-order valence-electron chi connectivity index (χ1n) is 14.0. The SMILES string of the molecule is C[C@H](NCCC(=O)N(CCC(=O)N(CCC(=O)O)[C@@H](C)c1ccccc1)[C@@H](C)c1ccccc1)c1ccccc1. The Morgan fingerprint density at radius 2 is 1.02 bits per heavy atom. The van der Waals surface area contributed by atoms with Gasteiger partial charge in [-0.15, -0.1) is 0 Å². The number of benzene rings is 3. The standard InChI is InChI=1S/C33H41N3O4/c1-25(28-13-7-4-8-14-28)34-22-19-31(37)35(26(2)29-15-9-5-10-16-29)23-20-32(38)36(24-21-33(39)40)27(3)30-17-11-6-12-18-30/h4-18,25-27,34H,19-24H2,1-3H3,(H,39,40)/t25-,26-,27-/m0/s1. The van der Waals surface area contributed by atoms with E-state index < -0.39 is 5.97 Å². The molecule has 0 bridgehead atoms. The number of carboxylic acids is 1. The topological polar surface area (TPSA) is 90.0 Å².